The molecule has 1 heterocycles. The van der Waals surface area contributed by atoms with Crippen LogP contribution in [0.5, 0.6) is 5.75 Å². The highest BCUT2D eigenvalue weighted by Crippen LogP contribution is 2.24. The first kappa shape index (κ1) is 20.6. The molecule has 0 atom stereocenters. The van der Waals surface area contributed by atoms with Gasteiger partial charge in [-0.25, -0.2) is 4.79 Å². The van der Waals surface area contributed by atoms with Crippen molar-refractivity contribution < 1.29 is 19.4 Å². The number of aliphatic hydroxyl groups excluding tert-OH is 1. The highest BCUT2D eigenvalue weighted by molar-refractivity contribution is 5.68. The quantitative estimate of drug-likeness (QED) is 0.831. The SMILES string of the molecule is Cc1cc(CCCO)ccc1OCC1CCN(C(=O)OC(C)(C)C)CC1. The van der Waals surface area contributed by atoms with E-state index in [0.29, 0.717) is 12.5 Å². The van der Waals surface area contributed by atoms with Crippen LogP contribution in [0.2, 0.25) is 0 Å². The third kappa shape index (κ3) is 6.52. The number of likely N-dealkylation sites (tertiary alicyclic amines) is 1. The van der Waals surface area contributed by atoms with E-state index in [1.807, 2.05) is 26.8 Å². The Kier molecular flexibility index (Phi) is 7.33. The Morgan fingerprint density at radius 3 is 2.54 bits per heavy atom. The Balaban J connectivity index is 1.77. The molecule has 0 bridgehead atoms. The molecule has 2 rings (SSSR count). The molecule has 1 amide bonds. The van der Waals surface area contributed by atoms with Crippen LogP contribution < -0.4 is 4.74 Å². The maximum Gasteiger partial charge on any atom is 0.410 e. The number of benzene rings is 1. The first-order valence-corrected chi connectivity index (χ1v) is 9.59. The van der Waals surface area contributed by atoms with Gasteiger partial charge in [0, 0.05) is 19.7 Å². The Morgan fingerprint density at radius 2 is 1.96 bits per heavy atom. The molecule has 1 aromatic carbocycles. The number of amides is 1. The molecule has 5 heteroatoms. The lowest BCUT2D eigenvalue weighted by atomic mass is 9.98. The van der Waals surface area contributed by atoms with Crippen LogP contribution in [-0.2, 0) is 11.2 Å². The van der Waals surface area contributed by atoms with Gasteiger partial charge in [-0.15, -0.1) is 0 Å². The molecule has 0 radical (unpaired) electrons. The molecule has 1 aliphatic heterocycles. The van der Waals surface area contributed by atoms with Gasteiger partial charge in [0.1, 0.15) is 11.4 Å². The molecule has 1 fully saturated rings. The van der Waals surface area contributed by atoms with Crippen LogP contribution in [0.4, 0.5) is 4.79 Å². The average molecular weight is 363 g/mol. The van der Waals surface area contributed by atoms with Gasteiger partial charge < -0.3 is 19.5 Å². The number of nitrogens with zero attached hydrogens (tertiary/aromatic N) is 1. The average Bonchev–Trinajstić information content (AvgIpc) is 2.58. The summed E-state index contributed by atoms with van der Waals surface area (Å²) in [5.41, 5.74) is 1.92. The summed E-state index contributed by atoms with van der Waals surface area (Å²) in [6, 6.07) is 6.23. The second kappa shape index (κ2) is 9.26. The fourth-order valence-electron chi connectivity index (χ4n) is 3.13. The molecular formula is C21H33NO4. The number of piperidine rings is 1. The second-order valence-corrected chi connectivity index (χ2v) is 8.15. The third-order valence-electron chi connectivity index (χ3n) is 4.60. The first-order chi connectivity index (χ1) is 12.3. The van der Waals surface area contributed by atoms with E-state index in [4.69, 9.17) is 14.6 Å². The topological polar surface area (TPSA) is 59.0 Å². The van der Waals surface area contributed by atoms with Crippen molar-refractivity contribution in [3.05, 3.63) is 29.3 Å². The molecule has 0 saturated carbocycles. The third-order valence-corrected chi connectivity index (χ3v) is 4.60. The predicted molar refractivity (Wildman–Crippen MR) is 103 cm³/mol. The summed E-state index contributed by atoms with van der Waals surface area (Å²) in [4.78, 5) is 13.9. The van der Waals surface area contributed by atoms with E-state index in [0.717, 1.165) is 50.1 Å². The number of hydrogen-bond acceptors (Lipinski definition) is 4. The van der Waals surface area contributed by atoms with Crippen LogP contribution in [0.1, 0.15) is 51.2 Å². The molecule has 1 N–H and O–H groups in total. The van der Waals surface area contributed by atoms with E-state index in [1.54, 1.807) is 4.90 Å². The minimum Gasteiger partial charge on any atom is -0.493 e. The van der Waals surface area contributed by atoms with Gasteiger partial charge in [0.2, 0.25) is 0 Å². The van der Waals surface area contributed by atoms with E-state index >= 15 is 0 Å². The second-order valence-electron chi connectivity index (χ2n) is 8.15. The summed E-state index contributed by atoms with van der Waals surface area (Å²) >= 11 is 0. The molecular weight excluding hydrogens is 330 g/mol. The van der Waals surface area contributed by atoms with Crippen molar-refractivity contribution in [2.45, 2.75) is 59.0 Å². The van der Waals surface area contributed by atoms with Crippen LogP contribution in [-0.4, -0.2) is 48.0 Å². The number of carbonyl (C=O) groups excluding carboxylic acids is 1. The maximum atomic E-state index is 12.1. The molecule has 1 aliphatic rings. The zero-order chi connectivity index (χ0) is 19.2. The van der Waals surface area contributed by atoms with Crippen molar-refractivity contribution in [1.82, 2.24) is 4.90 Å². The van der Waals surface area contributed by atoms with Crippen LogP contribution in [0.15, 0.2) is 18.2 Å². The number of ether oxygens (including phenoxy) is 2. The van der Waals surface area contributed by atoms with Crippen molar-refractivity contribution in [3.8, 4) is 5.75 Å². The summed E-state index contributed by atoms with van der Waals surface area (Å²) in [5, 5.41) is 8.93. The lowest BCUT2D eigenvalue weighted by Crippen LogP contribution is -2.42. The van der Waals surface area contributed by atoms with Gasteiger partial charge in [0.15, 0.2) is 0 Å². The lowest BCUT2D eigenvalue weighted by molar-refractivity contribution is 0.0165. The standard InChI is InChI=1S/C21H33NO4/c1-16-14-17(6-5-13-23)7-8-19(16)25-15-18-9-11-22(12-10-18)20(24)26-21(2,3)4/h7-8,14,18,23H,5-6,9-13,15H2,1-4H3. The normalized spacial score (nSPS) is 15.8. The Labute approximate surface area is 157 Å². The largest absolute Gasteiger partial charge is 0.493 e. The van der Waals surface area contributed by atoms with Gasteiger partial charge in [0.25, 0.3) is 0 Å². The fourth-order valence-corrected chi connectivity index (χ4v) is 3.13. The van der Waals surface area contributed by atoms with Crippen molar-refractivity contribution in [2.75, 3.05) is 26.3 Å². The zero-order valence-corrected chi connectivity index (χ0v) is 16.6. The summed E-state index contributed by atoms with van der Waals surface area (Å²) in [7, 11) is 0. The molecule has 0 spiro atoms. The monoisotopic (exact) mass is 363 g/mol. The van der Waals surface area contributed by atoms with Gasteiger partial charge >= 0.3 is 6.09 Å². The summed E-state index contributed by atoms with van der Waals surface area (Å²) in [6.45, 7) is 10.1. The van der Waals surface area contributed by atoms with E-state index < -0.39 is 5.60 Å². The zero-order valence-electron chi connectivity index (χ0n) is 16.6. The number of carbonyl (C=O) groups is 1. The van der Waals surface area contributed by atoms with Crippen molar-refractivity contribution in [1.29, 1.82) is 0 Å². The molecule has 0 unspecified atom stereocenters. The molecule has 26 heavy (non-hydrogen) atoms. The van der Waals surface area contributed by atoms with Gasteiger partial charge in [0.05, 0.1) is 6.61 Å². The van der Waals surface area contributed by atoms with E-state index in [-0.39, 0.29) is 12.7 Å². The number of aliphatic hydroxyl groups is 1. The molecule has 5 nitrogen and oxygen atoms in total. The predicted octanol–water partition coefficient (Wildman–Crippen LogP) is 3.95. The van der Waals surface area contributed by atoms with Gasteiger partial charge in [-0.1, -0.05) is 12.1 Å². The highest BCUT2D eigenvalue weighted by Gasteiger charge is 2.27. The Hall–Kier alpha value is -1.75. The summed E-state index contributed by atoms with van der Waals surface area (Å²) < 4.78 is 11.5. The van der Waals surface area contributed by atoms with Crippen LogP contribution >= 0.6 is 0 Å². The minimum atomic E-state index is -0.447. The van der Waals surface area contributed by atoms with Crippen molar-refractivity contribution in [2.24, 2.45) is 5.92 Å². The first-order valence-electron chi connectivity index (χ1n) is 9.59. The van der Waals surface area contributed by atoms with Gasteiger partial charge in [-0.3, -0.25) is 0 Å². The van der Waals surface area contributed by atoms with Crippen molar-refractivity contribution >= 4 is 6.09 Å². The fraction of sp³-hybridized carbons (Fsp3) is 0.667. The van der Waals surface area contributed by atoms with Crippen LogP contribution in [0.25, 0.3) is 0 Å². The molecule has 1 aromatic rings. The van der Waals surface area contributed by atoms with Gasteiger partial charge in [-0.05, 0) is 76.5 Å². The Morgan fingerprint density at radius 1 is 1.27 bits per heavy atom. The highest BCUT2D eigenvalue weighted by atomic mass is 16.6. The van der Waals surface area contributed by atoms with Gasteiger partial charge in [-0.2, -0.15) is 0 Å². The van der Waals surface area contributed by atoms with E-state index in [1.165, 1.54) is 5.56 Å². The molecule has 146 valence electrons. The Bertz CT molecular complexity index is 586. The minimum absolute atomic E-state index is 0.216. The molecule has 0 aromatic heterocycles. The van der Waals surface area contributed by atoms with E-state index in [2.05, 4.69) is 19.1 Å². The maximum absolute atomic E-state index is 12.1. The van der Waals surface area contributed by atoms with Crippen LogP contribution in [0.3, 0.4) is 0 Å². The smallest absolute Gasteiger partial charge is 0.410 e. The number of rotatable bonds is 6. The van der Waals surface area contributed by atoms with Crippen LogP contribution in [0, 0.1) is 12.8 Å². The lowest BCUT2D eigenvalue weighted by Gasteiger charge is -2.33. The molecule has 1 saturated heterocycles. The van der Waals surface area contributed by atoms with E-state index in [9.17, 15) is 4.79 Å². The number of hydrogen-bond donors (Lipinski definition) is 1. The summed E-state index contributed by atoms with van der Waals surface area (Å²) in [6.07, 6.45) is 3.34. The number of aryl methyl sites for hydroxylation is 2. The summed E-state index contributed by atoms with van der Waals surface area (Å²) in [5.74, 6) is 1.38. The molecule has 0 aliphatic carbocycles. The van der Waals surface area contributed by atoms with Crippen molar-refractivity contribution in [3.63, 3.8) is 0 Å².